The largest absolute Gasteiger partial charge is 0.494 e. The molecule has 0 saturated carbocycles. The van der Waals surface area contributed by atoms with Crippen LogP contribution in [0.25, 0.3) is 0 Å². The number of benzene rings is 1. The Morgan fingerprint density at radius 3 is 1.65 bits per heavy atom. The Hall–Kier alpha value is -0.980. The van der Waals surface area contributed by atoms with Crippen molar-refractivity contribution in [2.75, 3.05) is 6.61 Å². The summed E-state index contributed by atoms with van der Waals surface area (Å²) in [6, 6.07) is 10.2. The van der Waals surface area contributed by atoms with Gasteiger partial charge in [-0.3, -0.25) is 0 Å². The number of unbranched alkanes of at least 4 members (excludes halogenated alkanes) is 6. The van der Waals surface area contributed by atoms with Crippen LogP contribution in [-0.2, 0) is 0 Å². The van der Waals surface area contributed by atoms with Gasteiger partial charge in [0.25, 0.3) is 0 Å². The summed E-state index contributed by atoms with van der Waals surface area (Å²) in [6.07, 6.45) is 19.4. The molecule has 150 valence electrons. The molecule has 26 heavy (non-hydrogen) atoms. The molecule has 0 heterocycles. The van der Waals surface area contributed by atoms with Crippen LogP contribution in [0.5, 0.6) is 5.75 Å². The third-order valence-corrected chi connectivity index (χ3v) is 5.70. The van der Waals surface area contributed by atoms with E-state index >= 15 is 0 Å². The third kappa shape index (κ3) is 10.2. The Bertz CT molecular complexity index is 394. The number of rotatable bonds is 17. The van der Waals surface area contributed by atoms with Gasteiger partial charge in [-0.25, -0.2) is 0 Å². The number of ether oxygens (including phenoxy) is 1. The maximum Gasteiger partial charge on any atom is 0.119 e. The summed E-state index contributed by atoms with van der Waals surface area (Å²) in [5, 5.41) is 0. The van der Waals surface area contributed by atoms with Crippen molar-refractivity contribution in [1.29, 1.82) is 0 Å². The number of para-hydroxylation sites is 1. The van der Waals surface area contributed by atoms with Gasteiger partial charge >= 0.3 is 0 Å². The van der Waals surface area contributed by atoms with Gasteiger partial charge in [-0.15, -0.1) is 0 Å². The van der Waals surface area contributed by atoms with Crippen molar-refractivity contribution in [2.45, 2.75) is 111 Å². The Balaban J connectivity index is 2.03. The molecule has 1 rings (SSSR count). The summed E-state index contributed by atoms with van der Waals surface area (Å²) in [7, 11) is 0. The highest BCUT2D eigenvalue weighted by molar-refractivity contribution is 5.20. The normalized spacial score (nSPS) is 11.7. The molecule has 0 bridgehead atoms. The van der Waals surface area contributed by atoms with Crippen LogP contribution in [0, 0.1) is 5.41 Å². The van der Waals surface area contributed by atoms with Crippen LogP contribution in [0.1, 0.15) is 111 Å². The fourth-order valence-electron chi connectivity index (χ4n) is 4.53. The fourth-order valence-corrected chi connectivity index (χ4v) is 4.53. The molecule has 0 spiro atoms. The van der Waals surface area contributed by atoms with Crippen molar-refractivity contribution in [3.8, 4) is 5.75 Å². The molecule has 1 aromatic carbocycles. The van der Waals surface area contributed by atoms with E-state index in [4.69, 9.17) is 4.74 Å². The molecule has 0 aliphatic heterocycles. The second kappa shape index (κ2) is 15.1. The lowest BCUT2D eigenvalue weighted by Gasteiger charge is -2.34. The predicted octanol–water partition coefficient (Wildman–Crippen LogP) is 8.57. The minimum atomic E-state index is 0.660. The standard InChI is InChI=1S/C25H44O/c1-4-19-25(20-5-2,21-6-3)22-15-10-8-7-9-11-16-23-26-24-17-13-12-14-18-24/h12-14,17-18H,4-11,15-16,19-23H2,1-3H3. The van der Waals surface area contributed by atoms with E-state index < -0.39 is 0 Å². The van der Waals surface area contributed by atoms with E-state index in [9.17, 15) is 0 Å². The minimum Gasteiger partial charge on any atom is -0.494 e. The average Bonchev–Trinajstić information content (AvgIpc) is 2.65. The molecule has 1 aromatic rings. The zero-order valence-corrected chi connectivity index (χ0v) is 17.9. The average molecular weight is 361 g/mol. The molecule has 0 atom stereocenters. The highest BCUT2D eigenvalue weighted by Gasteiger charge is 2.26. The van der Waals surface area contributed by atoms with Crippen molar-refractivity contribution in [3.05, 3.63) is 30.3 Å². The molecule has 0 aliphatic carbocycles. The van der Waals surface area contributed by atoms with Crippen LogP contribution >= 0.6 is 0 Å². The van der Waals surface area contributed by atoms with Crippen molar-refractivity contribution >= 4 is 0 Å². The van der Waals surface area contributed by atoms with Gasteiger partial charge in [0.15, 0.2) is 0 Å². The van der Waals surface area contributed by atoms with Crippen molar-refractivity contribution in [2.24, 2.45) is 5.41 Å². The van der Waals surface area contributed by atoms with Gasteiger partial charge in [0, 0.05) is 0 Å². The first-order valence-corrected chi connectivity index (χ1v) is 11.4. The molecule has 0 saturated heterocycles. The van der Waals surface area contributed by atoms with Gasteiger partial charge in [-0.05, 0) is 49.7 Å². The van der Waals surface area contributed by atoms with E-state index in [-0.39, 0.29) is 0 Å². The van der Waals surface area contributed by atoms with Gasteiger partial charge in [0.1, 0.15) is 5.75 Å². The zero-order chi connectivity index (χ0) is 18.9. The summed E-state index contributed by atoms with van der Waals surface area (Å²) in [4.78, 5) is 0. The van der Waals surface area contributed by atoms with Gasteiger partial charge in [-0.2, -0.15) is 0 Å². The first-order chi connectivity index (χ1) is 12.8. The maximum atomic E-state index is 5.76. The van der Waals surface area contributed by atoms with Gasteiger partial charge in [-0.1, -0.05) is 96.8 Å². The van der Waals surface area contributed by atoms with Crippen LogP contribution in [0.3, 0.4) is 0 Å². The van der Waals surface area contributed by atoms with Crippen molar-refractivity contribution in [3.63, 3.8) is 0 Å². The lowest BCUT2D eigenvalue weighted by atomic mass is 9.72. The van der Waals surface area contributed by atoms with E-state index in [2.05, 4.69) is 20.8 Å². The first-order valence-electron chi connectivity index (χ1n) is 11.4. The molecule has 1 nitrogen and oxygen atoms in total. The summed E-state index contributed by atoms with van der Waals surface area (Å²) >= 11 is 0. The molecule has 0 fully saturated rings. The van der Waals surface area contributed by atoms with Crippen LogP contribution in [0.2, 0.25) is 0 Å². The molecule has 0 aliphatic rings. The smallest absolute Gasteiger partial charge is 0.119 e. The van der Waals surface area contributed by atoms with E-state index in [0.29, 0.717) is 5.41 Å². The molecule has 0 N–H and O–H groups in total. The third-order valence-electron chi connectivity index (χ3n) is 5.70. The zero-order valence-electron chi connectivity index (χ0n) is 17.9. The topological polar surface area (TPSA) is 9.23 Å². The van der Waals surface area contributed by atoms with Gasteiger partial charge in [0.05, 0.1) is 6.61 Å². The fraction of sp³-hybridized carbons (Fsp3) is 0.760. The van der Waals surface area contributed by atoms with Crippen LogP contribution in [0.4, 0.5) is 0 Å². The van der Waals surface area contributed by atoms with E-state index in [1.165, 1.54) is 89.9 Å². The van der Waals surface area contributed by atoms with Crippen LogP contribution in [-0.4, -0.2) is 6.61 Å². The molecule has 0 unspecified atom stereocenters. The van der Waals surface area contributed by atoms with Gasteiger partial charge < -0.3 is 4.74 Å². The van der Waals surface area contributed by atoms with E-state index in [1.807, 2.05) is 30.3 Å². The second-order valence-electron chi connectivity index (χ2n) is 8.14. The Kier molecular flexibility index (Phi) is 13.4. The number of hydrogen-bond acceptors (Lipinski definition) is 1. The molecule has 0 aromatic heterocycles. The maximum absolute atomic E-state index is 5.76. The predicted molar refractivity (Wildman–Crippen MR) is 116 cm³/mol. The minimum absolute atomic E-state index is 0.660. The molecular weight excluding hydrogens is 316 g/mol. The Morgan fingerprint density at radius 1 is 0.615 bits per heavy atom. The summed E-state index contributed by atoms with van der Waals surface area (Å²) < 4.78 is 5.76. The van der Waals surface area contributed by atoms with E-state index in [1.54, 1.807) is 0 Å². The molecule has 1 heteroatoms. The first kappa shape index (κ1) is 23.1. The highest BCUT2D eigenvalue weighted by atomic mass is 16.5. The second-order valence-corrected chi connectivity index (χ2v) is 8.14. The van der Waals surface area contributed by atoms with Crippen molar-refractivity contribution < 1.29 is 4.74 Å². The monoisotopic (exact) mass is 360 g/mol. The Morgan fingerprint density at radius 2 is 1.12 bits per heavy atom. The number of hydrogen-bond donors (Lipinski definition) is 0. The SMILES string of the molecule is CCCC(CCC)(CCC)CCCCCCCCCOc1ccccc1. The highest BCUT2D eigenvalue weighted by Crippen LogP contribution is 2.40. The summed E-state index contributed by atoms with van der Waals surface area (Å²) in [5.74, 6) is 1.00. The molecular formula is C25H44O. The van der Waals surface area contributed by atoms with E-state index in [0.717, 1.165) is 12.4 Å². The van der Waals surface area contributed by atoms with Gasteiger partial charge in [0.2, 0.25) is 0 Å². The van der Waals surface area contributed by atoms with Crippen molar-refractivity contribution in [1.82, 2.24) is 0 Å². The summed E-state index contributed by atoms with van der Waals surface area (Å²) in [5.41, 5.74) is 0.660. The van der Waals surface area contributed by atoms with Crippen LogP contribution < -0.4 is 4.74 Å². The Labute approximate surface area is 163 Å². The quantitative estimate of drug-likeness (QED) is 0.253. The van der Waals surface area contributed by atoms with Crippen LogP contribution in [0.15, 0.2) is 30.3 Å². The molecule has 0 amide bonds. The lowest BCUT2D eigenvalue weighted by Crippen LogP contribution is -2.20. The molecule has 0 radical (unpaired) electrons. The lowest BCUT2D eigenvalue weighted by molar-refractivity contribution is 0.185. The summed E-state index contributed by atoms with van der Waals surface area (Å²) in [6.45, 7) is 7.95.